The van der Waals surface area contributed by atoms with Crippen molar-refractivity contribution in [1.82, 2.24) is 15.2 Å². The first-order valence-corrected chi connectivity index (χ1v) is 7.67. The smallest absolute Gasteiger partial charge is 0.251 e. The van der Waals surface area contributed by atoms with Gasteiger partial charge in [0.1, 0.15) is 4.60 Å². The Morgan fingerprint density at radius 1 is 1.37 bits per heavy atom. The maximum atomic E-state index is 11.9. The molecule has 104 valence electrons. The molecule has 1 saturated heterocycles. The van der Waals surface area contributed by atoms with Crippen LogP contribution in [0.2, 0.25) is 0 Å². The fourth-order valence-corrected chi connectivity index (χ4v) is 2.70. The lowest BCUT2D eigenvalue weighted by Crippen LogP contribution is -2.33. The summed E-state index contributed by atoms with van der Waals surface area (Å²) in [6, 6.07) is 3.46. The van der Waals surface area contributed by atoms with Gasteiger partial charge in [0.05, 0.1) is 0 Å². The maximum Gasteiger partial charge on any atom is 0.251 e. The minimum atomic E-state index is -0.0262. The molecule has 0 unspecified atom stereocenters. The highest BCUT2D eigenvalue weighted by Crippen LogP contribution is 2.09. The molecule has 1 amide bonds. The van der Waals surface area contributed by atoms with E-state index in [1.807, 2.05) is 0 Å². The molecule has 0 aliphatic carbocycles. The van der Waals surface area contributed by atoms with Gasteiger partial charge in [-0.2, -0.15) is 0 Å². The van der Waals surface area contributed by atoms with E-state index in [9.17, 15) is 4.79 Å². The summed E-state index contributed by atoms with van der Waals surface area (Å²) < 4.78 is 0.688. The first-order chi connectivity index (χ1) is 9.25. The molecule has 0 atom stereocenters. The van der Waals surface area contributed by atoms with Gasteiger partial charge < -0.3 is 10.2 Å². The quantitative estimate of drug-likeness (QED) is 0.668. The first kappa shape index (κ1) is 14.5. The minimum absolute atomic E-state index is 0.0262. The van der Waals surface area contributed by atoms with Gasteiger partial charge in [-0.15, -0.1) is 0 Å². The number of likely N-dealkylation sites (tertiary alicyclic amines) is 1. The molecule has 1 aromatic heterocycles. The van der Waals surface area contributed by atoms with Gasteiger partial charge in [-0.1, -0.05) is 6.42 Å². The summed E-state index contributed by atoms with van der Waals surface area (Å²) in [6.07, 6.45) is 6.64. The van der Waals surface area contributed by atoms with Crippen LogP contribution in [0.4, 0.5) is 0 Å². The van der Waals surface area contributed by atoms with E-state index in [0.29, 0.717) is 10.2 Å². The molecule has 5 heteroatoms. The molecule has 1 aliphatic heterocycles. The van der Waals surface area contributed by atoms with Crippen LogP contribution in [0.25, 0.3) is 0 Å². The number of nitrogens with one attached hydrogen (secondary N) is 1. The summed E-state index contributed by atoms with van der Waals surface area (Å²) in [5, 5.41) is 2.95. The lowest BCUT2D eigenvalue weighted by molar-refractivity contribution is 0.0951. The van der Waals surface area contributed by atoms with Gasteiger partial charge in [0.2, 0.25) is 0 Å². The zero-order chi connectivity index (χ0) is 13.5. The lowest BCUT2D eigenvalue weighted by Gasteiger charge is -2.26. The number of piperidine rings is 1. The first-order valence-electron chi connectivity index (χ1n) is 6.88. The van der Waals surface area contributed by atoms with Gasteiger partial charge in [0, 0.05) is 18.3 Å². The number of carbonyl (C=O) groups excluding carboxylic acids is 1. The van der Waals surface area contributed by atoms with Crippen LogP contribution in [0, 0.1) is 0 Å². The molecule has 0 spiro atoms. The van der Waals surface area contributed by atoms with Crippen molar-refractivity contribution in [2.24, 2.45) is 0 Å². The van der Waals surface area contributed by atoms with Crippen LogP contribution in [-0.2, 0) is 0 Å². The summed E-state index contributed by atoms with van der Waals surface area (Å²) in [4.78, 5) is 18.4. The Morgan fingerprint density at radius 3 is 2.89 bits per heavy atom. The molecule has 0 saturated carbocycles. The predicted octanol–water partition coefficient (Wildman–Crippen LogP) is 2.45. The van der Waals surface area contributed by atoms with E-state index in [2.05, 4.69) is 31.1 Å². The van der Waals surface area contributed by atoms with Gasteiger partial charge in [-0.05, 0) is 67.0 Å². The van der Waals surface area contributed by atoms with Crippen LogP contribution >= 0.6 is 15.9 Å². The molecular weight excluding hydrogens is 306 g/mol. The van der Waals surface area contributed by atoms with Crippen LogP contribution in [0.5, 0.6) is 0 Å². The zero-order valence-corrected chi connectivity index (χ0v) is 12.7. The van der Waals surface area contributed by atoms with E-state index in [4.69, 9.17) is 0 Å². The number of carbonyl (C=O) groups is 1. The molecular formula is C14H20BrN3O. The predicted molar refractivity (Wildman–Crippen MR) is 79.2 cm³/mol. The Bertz CT molecular complexity index is 419. The fraction of sp³-hybridized carbons (Fsp3) is 0.571. The molecule has 2 rings (SSSR count). The highest BCUT2D eigenvalue weighted by atomic mass is 79.9. The number of amides is 1. The Morgan fingerprint density at radius 2 is 2.16 bits per heavy atom. The van der Waals surface area contributed by atoms with Crippen molar-refractivity contribution < 1.29 is 4.79 Å². The summed E-state index contributed by atoms with van der Waals surface area (Å²) in [7, 11) is 0. The van der Waals surface area contributed by atoms with Gasteiger partial charge in [0.25, 0.3) is 5.91 Å². The number of hydrogen-bond donors (Lipinski definition) is 1. The largest absolute Gasteiger partial charge is 0.352 e. The third-order valence-corrected chi connectivity index (χ3v) is 3.81. The minimum Gasteiger partial charge on any atom is -0.352 e. The highest BCUT2D eigenvalue weighted by Gasteiger charge is 2.10. The average Bonchev–Trinajstić information content (AvgIpc) is 2.44. The third-order valence-electron chi connectivity index (χ3n) is 3.37. The van der Waals surface area contributed by atoms with Gasteiger partial charge in [0.15, 0.2) is 0 Å². The summed E-state index contributed by atoms with van der Waals surface area (Å²) in [6.45, 7) is 4.24. The standard InChI is InChI=1S/C14H20BrN3O/c15-13-11-12(5-7-16-13)14(19)17-6-4-10-18-8-2-1-3-9-18/h5,7,11H,1-4,6,8-10H2,(H,17,19). The van der Waals surface area contributed by atoms with E-state index in [1.54, 1.807) is 18.3 Å². The van der Waals surface area contributed by atoms with Crippen molar-refractivity contribution >= 4 is 21.8 Å². The Kier molecular flexibility index (Phi) is 5.79. The molecule has 4 nitrogen and oxygen atoms in total. The monoisotopic (exact) mass is 325 g/mol. The van der Waals surface area contributed by atoms with E-state index in [1.165, 1.54) is 32.4 Å². The number of pyridine rings is 1. The molecule has 0 aromatic carbocycles. The van der Waals surface area contributed by atoms with Crippen molar-refractivity contribution in [1.29, 1.82) is 0 Å². The third kappa shape index (κ3) is 4.91. The molecule has 1 N–H and O–H groups in total. The molecule has 0 radical (unpaired) electrons. The molecule has 1 fully saturated rings. The number of halogens is 1. The summed E-state index contributed by atoms with van der Waals surface area (Å²) in [5.74, 6) is -0.0262. The van der Waals surface area contributed by atoms with Gasteiger partial charge >= 0.3 is 0 Å². The molecule has 2 heterocycles. The van der Waals surface area contributed by atoms with Crippen molar-refractivity contribution in [2.45, 2.75) is 25.7 Å². The molecule has 0 bridgehead atoms. The van der Waals surface area contributed by atoms with E-state index >= 15 is 0 Å². The number of nitrogens with zero attached hydrogens (tertiary/aromatic N) is 2. The number of hydrogen-bond acceptors (Lipinski definition) is 3. The van der Waals surface area contributed by atoms with Crippen LogP contribution < -0.4 is 5.32 Å². The SMILES string of the molecule is O=C(NCCCN1CCCCC1)c1ccnc(Br)c1. The van der Waals surface area contributed by atoms with Crippen LogP contribution in [0.3, 0.4) is 0 Å². The topological polar surface area (TPSA) is 45.2 Å². The molecule has 1 aliphatic rings. The Hall–Kier alpha value is -0.940. The van der Waals surface area contributed by atoms with Gasteiger partial charge in [-0.3, -0.25) is 4.79 Å². The average molecular weight is 326 g/mol. The van der Waals surface area contributed by atoms with Crippen molar-refractivity contribution in [3.05, 3.63) is 28.5 Å². The number of aromatic nitrogens is 1. The van der Waals surface area contributed by atoms with E-state index in [-0.39, 0.29) is 5.91 Å². The molecule has 19 heavy (non-hydrogen) atoms. The Balaban J connectivity index is 1.66. The van der Waals surface area contributed by atoms with Crippen molar-refractivity contribution in [3.8, 4) is 0 Å². The van der Waals surface area contributed by atoms with Crippen molar-refractivity contribution in [3.63, 3.8) is 0 Å². The van der Waals surface area contributed by atoms with E-state index < -0.39 is 0 Å². The van der Waals surface area contributed by atoms with Gasteiger partial charge in [-0.25, -0.2) is 4.98 Å². The van der Waals surface area contributed by atoms with Crippen LogP contribution in [0.15, 0.2) is 22.9 Å². The second-order valence-electron chi connectivity index (χ2n) is 4.88. The fourth-order valence-electron chi connectivity index (χ4n) is 2.33. The van der Waals surface area contributed by atoms with Crippen LogP contribution in [0.1, 0.15) is 36.0 Å². The lowest BCUT2D eigenvalue weighted by atomic mass is 10.1. The molecule has 1 aromatic rings. The summed E-state index contributed by atoms with van der Waals surface area (Å²) in [5.41, 5.74) is 0.653. The van der Waals surface area contributed by atoms with Crippen LogP contribution in [-0.4, -0.2) is 42.0 Å². The van der Waals surface area contributed by atoms with E-state index in [0.717, 1.165) is 19.5 Å². The normalized spacial score (nSPS) is 16.3. The second-order valence-corrected chi connectivity index (χ2v) is 5.69. The zero-order valence-electron chi connectivity index (χ0n) is 11.1. The second kappa shape index (κ2) is 7.60. The Labute approximate surface area is 122 Å². The maximum absolute atomic E-state index is 11.9. The number of rotatable bonds is 5. The highest BCUT2D eigenvalue weighted by molar-refractivity contribution is 9.10. The van der Waals surface area contributed by atoms with Crippen molar-refractivity contribution in [2.75, 3.05) is 26.2 Å². The summed E-state index contributed by atoms with van der Waals surface area (Å²) >= 11 is 3.27.